The van der Waals surface area contributed by atoms with Crippen LogP contribution < -0.4 is 0 Å². The van der Waals surface area contributed by atoms with Crippen LogP contribution in [-0.2, 0) is 6.42 Å². The minimum absolute atomic E-state index is 1.10. The summed E-state index contributed by atoms with van der Waals surface area (Å²) in [6.07, 6.45) is 1.10. The molecule has 0 N–H and O–H groups in total. The Kier molecular flexibility index (Phi) is 2.87. The van der Waals surface area contributed by atoms with E-state index in [-0.39, 0.29) is 0 Å². The molecule has 0 fully saturated rings. The molecule has 15 heavy (non-hydrogen) atoms. The maximum absolute atomic E-state index is 4.45. The Bertz CT molecular complexity index is 454. The zero-order valence-electron chi connectivity index (χ0n) is 9.37. The van der Waals surface area contributed by atoms with Gasteiger partial charge in [0.25, 0.3) is 0 Å². The number of thiazole rings is 1. The van der Waals surface area contributed by atoms with Crippen molar-refractivity contribution in [3.8, 4) is 10.4 Å². The van der Waals surface area contributed by atoms with Gasteiger partial charge >= 0.3 is 0 Å². The van der Waals surface area contributed by atoms with Crippen molar-refractivity contribution in [3.05, 3.63) is 40.5 Å². The molecule has 0 bridgehead atoms. The summed E-state index contributed by atoms with van der Waals surface area (Å²) >= 11 is 1.77. The van der Waals surface area contributed by atoms with Gasteiger partial charge in [-0.3, -0.25) is 0 Å². The third kappa shape index (κ3) is 2.10. The standard InChI is InChI=1S/C13H15NS/c1-4-11-5-7-12(8-6-11)13-9(2)14-10(3)15-13/h5-8H,4H2,1-3H3. The summed E-state index contributed by atoms with van der Waals surface area (Å²) in [6, 6.07) is 8.78. The summed E-state index contributed by atoms with van der Waals surface area (Å²) < 4.78 is 0. The lowest BCUT2D eigenvalue weighted by Crippen LogP contribution is -1.81. The van der Waals surface area contributed by atoms with Gasteiger partial charge in [0, 0.05) is 0 Å². The minimum Gasteiger partial charge on any atom is -0.246 e. The molecule has 2 aromatic rings. The predicted octanol–water partition coefficient (Wildman–Crippen LogP) is 3.99. The zero-order valence-corrected chi connectivity index (χ0v) is 10.2. The third-order valence-corrected chi connectivity index (χ3v) is 3.65. The number of aromatic nitrogens is 1. The van der Waals surface area contributed by atoms with Crippen LogP contribution >= 0.6 is 11.3 Å². The van der Waals surface area contributed by atoms with Gasteiger partial charge in [-0.25, -0.2) is 4.98 Å². The van der Waals surface area contributed by atoms with E-state index < -0.39 is 0 Å². The summed E-state index contributed by atoms with van der Waals surface area (Å²) in [6.45, 7) is 6.31. The van der Waals surface area contributed by atoms with Crippen LogP contribution in [0.5, 0.6) is 0 Å². The monoisotopic (exact) mass is 217 g/mol. The van der Waals surface area contributed by atoms with Crippen molar-refractivity contribution in [2.45, 2.75) is 27.2 Å². The second kappa shape index (κ2) is 4.15. The molecule has 0 amide bonds. The first-order valence-electron chi connectivity index (χ1n) is 5.24. The van der Waals surface area contributed by atoms with E-state index >= 15 is 0 Å². The molecule has 2 rings (SSSR count). The number of benzene rings is 1. The lowest BCUT2D eigenvalue weighted by atomic mass is 10.1. The Balaban J connectivity index is 2.41. The highest BCUT2D eigenvalue weighted by Gasteiger charge is 2.06. The molecule has 1 heterocycles. The molecule has 0 saturated heterocycles. The first kappa shape index (κ1) is 10.4. The van der Waals surface area contributed by atoms with Crippen LogP contribution in [0.2, 0.25) is 0 Å². The van der Waals surface area contributed by atoms with Crippen molar-refractivity contribution >= 4 is 11.3 Å². The van der Waals surface area contributed by atoms with Crippen LogP contribution in [0.4, 0.5) is 0 Å². The summed E-state index contributed by atoms with van der Waals surface area (Å²) in [7, 11) is 0. The van der Waals surface area contributed by atoms with Crippen LogP contribution in [0.3, 0.4) is 0 Å². The van der Waals surface area contributed by atoms with Crippen LogP contribution in [0.25, 0.3) is 10.4 Å². The van der Waals surface area contributed by atoms with Crippen molar-refractivity contribution in [2.24, 2.45) is 0 Å². The molecule has 2 heteroatoms. The second-order valence-corrected chi connectivity index (χ2v) is 4.90. The molecule has 0 saturated carbocycles. The fourth-order valence-electron chi connectivity index (χ4n) is 1.69. The van der Waals surface area contributed by atoms with E-state index in [0.717, 1.165) is 17.1 Å². The normalized spacial score (nSPS) is 10.6. The highest BCUT2D eigenvalue weighted by atomic mass is 32.1. The summed E-state index contributed by atoms with van der Waals surface area (Å²) in [5.74, 6) is 0. The van der Waals surface area contributed by atoms with Crippen molar-refractivity contribution in [1.29, 1.82) is 0 Å². The largest absolute Gasteiger partial charge is 0.246 e. The van der Waals surface area contributed by atoms with Gasteiger partial charge in [-0.05, 0) is 31.4 Å². The van der Waals surface area contributed by atoms with Gasteiger partial charge in [-0.2, -0.15) is 0 Å². The molecular formula is C13H15NS. The Morgan fingerprint density at radius 3 is 2.27 bits per heavy atom. The van der Waals surface area contributed by atoms with E-state index in [1.54, 1.807) is 11.3 Å². The Hall–Kier alpha value is -1.15. The molecule has 0 aliphatic carbocycles. The quantitative estimate of drug-likeness (QED) is 0.741. The Morgan fingerprint density at radius 2 is 1.80 bits per heavy atom. The highest BCUT2D eigenvalue weighted by Crippen LogP contribution is 2.29. The van der Waals surface area contributed by atoms with E-state index in [0.29, 0.717) is 0 Å². The molecule has 0 unspecified atom stereocenters. The van der Waals surface area contributed by atoms with E-state index in [1.807, 2.05) is 0 Å². The topological polar surface area (TPSA) is 12.9 Å². The van der Waals surface area contributed by atoms with Crippen molar-refractivity contribution in [3.63, 3.8) is 0 Å². The van der Waals surface area contributed by atoms with Crippen LogP contribution in [0.1, 0.15) is 23.2 Å². The molecule has 1 nitrogen and oxygen atoms in total. The molecule has 1 aromatic carbocycles. The predicted molar refractivity (Wildman–Crippen MR) is 66.4 cm³/mol. The van der Waals surface area contributed by atoms with Crippen LogP contribution in [0, 0.1) is 13.8 Å². The van der Waals surface area contributed by atoms with Gasteiger partial charge in [-0.15, -0.1) is 11.3 Å². The average Bonchev–Trinajstić information content (AvgIpc) is 2.58. The van der Waals surface area contributed by atoms with Crippen LogP contribution in [0.15, 0.2) is 24.3 Å². The molecule has 0 spiro atoms. The van der Waals surface area contributed by atoms with E-state index in [1.165, 1.54) is 16.0 Å². The van der Waals surface area contributed by atoms with Gasteiger partial charge in [0.2, 0.25) is 0 Å². The number of nitrogens with zero attached hydrogens (tertiary/aromatic N) is 1. The van der Waals surface area contributed by atoms with Crippen LogP contribution in [-0.4, -0.2) is 4.98 Å². The van der Waals surface area contributed by atoms with Crippen molar-refractivity contribution in [2.75, 3.05) is 0 Å². The molecular weight excluding hydrogens is 202 g/mol. The number of aryl methyl sites for hydroxylation is 3. The lowest BCUT2D eigenvalue weighted by Gasteiger charge is -2.00. The number of rotatable bonds is 2. The highest BCUT2D eigenvalue weighted by molar-refractivity contribution is 7.15. The van der Waals surface area contributed by atoms with Gasteiger partial charge in [0.05, 0.1) is 15.6 Å². The maximum Gasteiger partial charge on any atom is 0.0903 e. The van der Waals surface area contributed by atoms with Gasteiger partial charge in [0.1, 0.15) is 0 Å². The fraction of sp³-hybridized carbons (Fsp3) is 0.308. The second-order valence-electron chi connectivity index (χ2n) is 3.70. The van der Waals surface area contributed by atoms with Gasteiger partial charge in [-0.1, -0.05) is 31.2 Å². The molecule has 0 atom stereocenters. The Labute approximate surface area is 94.8 Å². The number of hydrogen-bond donors (Lipinski definition) is 0. The lowest BCUT2D eigenvalue weighted by molar-refractivity contribution is 1.14. The summed E-state index contributed by atoms with van der Waals surface area (Å²) in [4.78, 5) is 5.75. The molecule has 0 aliphatic heterocycles. The summed E-state index contributed by atoms with van der Waals surface area (Å²) in [5, 5.41) is 1.14. The number of hydrogen-bond acceptors (Lipinski definition) is 2. The maximum atomic E-state index is 4.45. The molecule has 78 valence electrons. The summed E-state index contributed by atoms with van der Waals surface area (Å²) in [5.41, 5.74) is 3.81. The third-order valence-electron chi connectivity index (χ3n) is 2.53. The molecule has 0 radical (unpaired) electrons. The minimum atomic E-state index is 1.10. The van der Waals surface area contributed by atoms with E-state index in [4.69, 9.17) is 0 Å². The SMILES string of the molecule is CCc1ccc(-c2sc(C)nc2C)cc1. The van der Waals surface area contributed by atoms with Crippen molar-refractivity contribution in [1.82, 2.24) is 4.98 Å². The van der Waals surface area contributed by atoms with Crippen molar-refractivity contribution < 1.29 is 0 Å². The molecule has 1 aromatic heterocycles. The first-order valence-corrected chi connectivity index (χ1v) is 6.05. The van der Waals surface area contributed by atoms with Gasteiger partial charge in [0.15, 0.2) is 0 Å². The zero-order chi connectivity index (χ0) is 10.8. The Morgan fingerprint density at radius 1 is 1.13 bits per heavy atom. The average molecular weight is 217 g/mol. The smallest absolute Gasteiger partial charge is 0.0903 e. The fourth-order valence-corrected chi connectivity index (χ4v) is 2.62. The van der Waals surface area contributed by atoms with E-state index in [9.17, 15) is 0 Å². The van der Waals surface area contributed by atoms with E-state index in [2.05, 4.69) is 50.0 Å². The molecule has 0 aliphatic rings. The first-order chi connectivity index (χ1) is 7.20. The van der Waals surface area contributed by atoms with Gasteiger partial charge < -0.3 is 0 Å².